The second kappa shape index (κ2) is 74.8. The molecule has 2 heteroatoms. The highest BCUT2D eigenvalue weighted by Gasteiger charge is 2.10. The van der Waals surface area contributed by atoms with Gasteiger partial charge in [-0.25, -0.2) is 0 Å². The maximum absolute atomic E-state index is 5.41. The summed E-state index contributed by atoms with van der Waals surface area (Å²) in [5, 5.41) is 3.38. The van der Waals surface area contributed by atoms with E-state index in [9.17, 15) is 0 Å². The number of unbranched alkanes of at least 4 members (excludes halogenated alkanes) is 4. The molecule has 0 radical (unpaired) electrons. The van der Waals surface area contributed by atoms with Crippen LogP contribution in [0, 0.1) is 29.6 Å². The Balaban J connectivity index is -0.0000000697. The lowest BCUT2D eigenvalue weighted by molar-refractivity contribution is 0.387. The molecular weight excluding hydrogens is 689 g/mol. The summed E-state index contributed by atoms with van der Waals surface area (Å²) in [5.41, 5.74) is 7.86. The third-order valence-electron chi connectivity index (χ3n) is 8.71. The van der Waals surface area contributed by atoms with Crippen molar-refractivity contribution in [2.45, 2.75) is 213 Å². The molecule has 5 atom stereocenters. The molecule has 1 aliphatic carbocycles. The normalized spacial score (nSPS) is 15.1. The molecule has 0 aromatic rings. The molecular formula is C55H114N2. The summed E-state index contributed by atoms with van der Waals surface area (Å²) in [6.07, 6.45) is 31.7. The molecule has 2 nitrogen and oxygen atoms in total. The van der Waals surface area contributed by atoms with Crippen LogP contribution in [-0.2, 0) is 0 Å². The Kier molecular flexibility index (Phi) is 99.2. The lowest BCUT2D eigenvalue weighted by Gasteiger charge is -2.19. The van der Waals surface area contributed by atoms with Crippen LogP contribution >= 0.6 is 0 Å². The molecule has 0 aromatic heterocycles. The quantitative estimate of drug-likeness (QED) is 0.114. The molecule has 0 saturated carbocycles. The summed E-state index contributed by atoms with van der Waals surface area (Å²) < 4.78 is 0. The van der Waals surface area contributed by atoms with Gasteiger partial charge in [0.2, 0.25) is 0 Å². The maximum Gasteiger partial charge on any atom is 0.00870 e. The van der Waals surface area contributed by atoms with E-state index < -0.39 is 0 Å². The number of allylic oxidation sites excluding steroid dienone is 7. The summed E-state index contributed by atoms with van der Waals surface area (Å²) >= 11 is 0. The van der Waals surface area contributed by atoms with Gasteiger partial charge in [0, 0.05) is 6.04 Å². The summed E-state index contributed by atoms with van der Waals surface area (Å²) in [5.74, 6) is 3.90. The topological polar surface area (TPSA) is 38.0 Å². The van der Waals surface area contributed by atoms with Crippen molar-refractivity contribution >= 4 is 0 Å². The van der Waals surface area contributed by atoms with Gasteiger partial charge in [0.1, 0.15) is 0 Å². The van der Waals surface area contributed by atoms with E-state index in [1.807, 2.05) is 27.7 Å². The van der Waals surface area contributed by atoms with Crippen molar-refractivity contribution < 1.29 is 0 Å². The molecule has 0 aromatic carbocycles. The third kappa shape index (κ3) is 82.7. The average Bonchev–Trinajstić information content (AvgIpc) is 3.32. The minimum atomic E-state index is 0.724. The Morgan fingerprint density at radius 1 is 0.789 bits per heavy atom. The highest BCUT2D eigenvalue weighted by molar-refractivity contribution is 5.20. The van der Waals surface area contributed by atoms with E-state index >= 15 is 0 Å². The third-order valence-corrected chi connectivity index (χ3v) is 8.71. The second-order valence-corrected chi connectivity index (χ2v) is 15.0. The highest BCUT2D eigenvalue weighted by Crippen LogP contribution is 2.23. The zero-order valence-corrected chi connectivity index (χ0v) is 42.8. The first kappa shape index (κ1) is 75.7. The first-order chi connectivity index (χ1) is 27.3. The van der Waals surface area contributed by atoms with Crippen LogP contribution in [0.1, 0.15) is 207 Å². The molecule has 57 heavy (non-hydrogen) atoms. The van der Waals surface area contributed by atoms with Crippen LogP contribution in [0.2, 0.25) is 0 Å². The van der Waals surface area contributed by atoms with Crippen molar-refractivity contribution in [1.82, 2.24) is 5.32 Å². The maximum atomic E-state index is 5.41. The molecule has 0 spiro atoms. The summed E-state index contributed by atoms with van der Waals surface area (Å²) in [7, 11) is 2.07. The Labute approximate surface area is 366 Å². The summed E-state index contributed by atoms with van der Waals surface area (Å²) in [4.78, 5) is 0. The number of hydrogen-bond donors (Lipinski definition) is 2. The van der Waals surface area contributed by atoms with Gasteiger partial charge in [-0.1, -0.05) is 202 Å². The van der Waals surface area contributed by atoms with Gasteiger partial charge in [-0.15, -0.1) is 52.6 Å². The van der Waals surface area contributed by atoms with Crippen LogP contribution in [0.5, 0.6) is 0 Å². The van der Waals surface area contributed by atoms with Crippen molar-refractivity contribution in [3.05, 3.63) is 101 Å². The number of nitrogens with two attached hydrogens (primary N) is 1. The average molecular weight is 804 g/mol. The van der Waals surface area contributed by atoms with Crippen LogP contribution < -0.4 is 11.1 Å². The summed E-state index contributed by atoms with van der Waals surface area (Å²) in [6, 6.07) is 0.724. The molecule has 1 aliphatic rings. The molecule has 0 aliphatic heterocycles. The van der Waals surface area contributed by atoms with E-state index in [-0.39, 0.29) is 0 Å². The van der Waals surface area contributed by atoms with Gasteiger partial charge >= 0.3 is 0 Å². The second-order valence-electron chi connectivity index (χ2n) is 15.0. The molecule has 0 heterocycles. The van der Waals surface area contributed by atoms with E-state index in [0.29, 0.717) is 0 Å². The zero-order valence-electron chi connectivity index (χ0n) is 42.8. The monoisotopic (exact) mass is 803 g/mol. The van der Waals surface area contributed by atoms with E-state index in [1.165, 1.54) is 114 Å². The SMILES string of the molecule is C=C.C=C.C=C.C=C(C)C.C=C1/C=C\C=C/CCC(CCC)C1.C=CC(CC)C(C)CC.CC.CCC.CCCCC(C)CN.CCCCCCC(NC)C(C)C. The Morgan fingerprint density at radius 2 is 1.28 bits per heavy atom. The molecule has 0 fully saturated rings. The van der Waals surface area contributed by atoms with Crippen molar-refractivity contribution in [1.29, 1.82) is 0 Å². The van der Waals surface area contributed by atoms with Crippen LogP contribution in [0.25, 0.3) is 0 Å². The van der Waals surface area contributed by atoms with Gasteiger partial charge in [0.15, 0.2) is 0 Å². The fourth-order valence-corrected chi connectivity index (χ4v) is 5.27. The van der Waals surface area contributed by atoms with Gasteiger partial charge in [-0.05, 0) is 95.6 Å². The lowest BCUT2D eigenvalue weighted by atomic mass is 9.90. The number of hydrogen-bond acceptors (Lipinski definition) is 2. The summed E-state index contributed by atoms with van der Waals surface area (Å²) in [6.45, 7) is 62.7. The van der Waals surface area contributed by atoms with Crippen LogP contribution in [0.3, 0.4) is 0 Å². The smallest absolute Gasteiger partial charge is 0.00870 e. The fraction of sp³-hybridized carbons (Fsp3) is 0.709. The number of rotatable bonds is 17. The first-order valence-corrected chi connectivity index (χ1v) is 23.4. The molecule has 1 rings (SSSR count). The molecule has 0 saturated heterocycles. The Morgan fingerprint density at radius 3 is 1.61 bits per heavy atom. The zero-order chi connectivity index (χ0) is 46.9. The standard InChI is InChI=1S/C13H20.C11H25N.C9H18.C7H17N.C4H8.C3H8.C2H6.3C2H4/c1-3-8-13-10-7-5-4-6-9-12(2)11-13;1-5-6-7-8-9-11(12-4)10(2)3;1-5-8(4)9(6-2)7-3;1-3-4-5-7(2)6-8;1-4(2)3;1-3-2;4*1-2/h4-6,9,13H,2-3,7-8,10-11H2,1H3;10-12H,5-9H2,1-4H3;6,8-9H,2,5,7H2,1,3-4H3;7H,3-6,8H2,1-2H3;1H2,2-3H3;3H2,1-2H3;1-2H3;3*1-2H2/b5-4-,9-6-;;;;;;;;;. The van der Waals surface area contributed by atoms with Crippen molar-refractivity contribution in [3.63, 3.8) is 0 Å². The van der Waals surface area contributed by atoms with Gasteiger partial charge in [0.05, 0.1) is 0 Å². The Hall–Kier alpha value is -2.16. The molecule has 0 amide bonds. The largest absolute Gasteiger partial charge is 0.330 e. The van der Waals surface area contributed by atoms with E-state index in [2.05, 4.69) is 178 Å². The minimum Gasteiger partial charge on any atom is -0.330 e. The van der Waals surface area contributed by atoms with E-state index in [0.717, 1.165) is 42.2 Å². The van der Waals surface area contributed by atoms with Gasteiger partial charge in [0.25, 0.3) is 0 Å². The molecule has 5 unspecified atom stereocenters. The minimum absolute atomic E-state index is 0.724. The van der Waals surface area contributed by atoms with Crippen LogP contribution in [-0.4, -0.2) is 19.6 Å². The first-order valence-electron chi connectivity index (χ1n) is 23.4. The predicted octanol–water partition coefficient (Wildman–Crippen LogP) is 18.9. The fourth-order valence-electron chi connectivity index (χ4n) is 5.27. The van der Waals surface area contributed by atoms with Gasteiger partial charge in [-0.3, -0.25) is 0 Å². The van der Waals surface area contributed by atoms with Gasteiger partial charge in [-0.2, -0.15) is 0 Å². The predicted molar refractivity (Wildman–Crippen MR) is 279 cm³/mol. The molecule has 344 valence electrons. The van der Waals surface area contributed by atoms with E-state index in [1.54, 1.807) is 0 Å². The highest BCUT2D eigenvalue weighted by atomic mass is 14.9. The number of nitrogens with one attached hydrogen (secondary N) is 1. The van der Waals surface area contributed by atoms with Crippen molar-refractivity contribution in [3.8, 4) is 0 Å². The van der Waals surface area contributed by atoms with Crippen molar-refractivity contribution in [2.24, 2.45) is 35.3 Å². The Bertz CT molecular complexity index is 752. The van der Waals surface area contributed by atoms with Crippen LogP contribution in [0.15, 0.2) is 101 Å². The van der Waals surface area contributed by atoms with Gasteiger partial charge < -0.3 is 11.1 Å². The van der Waals surface area contributed by atoms with E-state index in [4.69, 9.17) is 5.73 Å². The van der Waals surface area contributed by atoms with Crippen LogP contribution in [0.4, 0.5) is 0 Å². The van der Waals surface area contributed by atoms with Crippen molar-refractivity contribution in [2.75, 3.05) is 13.6 Å². The molecule has 0 bridgehead atoms. The lowest BCUT2D eigenvalue weighted by Crippen LogP contribution is -2.30. The molecule has 3 N–H and O–H groups in total.